The first-order chi connectivity index (χ1) is 15.0. The van der Waals surface area contributed by atoms with E-state index in [1.54, 1.807) is 0 Å². The average Bonchev–Trinajstić information content (AvgIpc) is 3.06. The third-order valence-corrected chi connectivity index (χ3v) is 10.9. The van der Waals surface area contributed by atoms with E-state index in [4.69, 9.17) is 0 Å². The Morgan fingerprint density at radius 1 is 1.06 bits per heavy atom. The van der Waals surface area contributed by atoms with Crippen molar-refractivity contribution in [2.24, 2.45) is 58.2 Å². The van der Waals surface area contributed by atoms with Crippen molar-refractivity contribution >= 4 is 11.6 Å². The van der Waals surface area contributed by atoms with E-state index in [1.807, 2.05) is 0 Å². The zero-order valence-corrected chi connectivity index (χ0v) is 21.3. The van der Waals surface area contributed by atoms with Gasteiger partial charge in [0.1, 0.15) is 11.6 Å². The Hall–Kier alpha value is -0.960. The number of aliphatic hydroxyl groups is 1. The predicted octanol–water partition coefficient (Wildman–Crippen LogP) is 6.24. The fraction of sp³-hybridized carbons (Fsp3) is 0.862. The number of hydrogen-bond acceptors (Lipinski definition) is 3. The minimum Gasteiger partial charge on any atom is -0.393 e. The summed E-state index contributed by atoms with van der Waals surface area (Å²) in [4.78, 5) is 25.4. The van der Waals surface area contributed by atoms with Crippen LogP contribution in [0, 0.1) is 58.2 Å². The zero-order chi connectivity index (χ0) is 23.4. The van der Waals surface area contributed by atoms with Crippen molar-refractivity contribution in [3.05, 3.63) is 12.2 Å². The zero-order valence-electron chi connectivity index (χ0n) is 21.3. The van der Waals surface area contributed by atoms with Gasteiger partial charge in [0.2, 0.25) is 0 Å². The molecule has 0 aromatic rings. The second kappa shape index (κ2) is 8.67. The second-order valence-corrected chi connectivity index (χ2v) is 12.8. The third-order valence-electron chi connectivity index (χ3n) is 10.9. The van der Waals surface area contributed by atoms with Gasteiger partial charge in [0, 0.05) is 25.2 Å². The molecule has 4 aliphatic rings. The monoisotopic (exact) mass is 442 g/mol. The maximum Gasteiger partial charge on any atom is 0.137 e. The first kappa shape index (κ1) is 24.2. The molecule has 10 atom stereocenters. The first-order valence-corrected chi connectivity index (χ1v) is 13.4. The van der Waals surface area contributed by atoms with E-state index in [0.29, 0.717) is 54.6 Å². The summed E-state index contributed by atoms with van der Waals surface area (Å²) >= 11 is 0. The molecule has 0 aromatic heterocycles. The van der Waals surface area contributed by atoms with Crippen molar-refractivity contribution < 1.29 is 14.7 Å². The van der Waals surface area contributed by atoms with Crippen LogP contribution in [-0.4, -0.2) is 22.8 Å². The summed E-state index contributed by atoms with van der Waals surface area (Å²) in [6, 6.07) is 0. The smallest absolute Gasteiger partial charge is 0.137 e. The number of rotatable bonds is 5. The molecular formula is C29H46O3. The molecule has 0 aliphatic heterocycles. The van der Waals surface area contributed by atoms with Crippen LogP contribution in [0.15, 0.2) is 12.2 Å². The van der Waals surface area contributed by atoms with Gasteiger partial charge in [-0.25, -0.2) is 0 Å². The predicted molar refractivity (Wildman–Crippen MR) is 129 cm³/mol. The average molecular weight is 443 g/mol. The van der Waals surface area contributed by atoms with Crippen LogP contribution in [0.1, 0.15) is 92.9 Å². The Balaban J connectivity index is 1.59. The van der Waals surface area contributed by atoms with E-state index in [9.17, 15) is 14.7 Å². The van der Waals surface area contributed by atoms with Crippen LogP contribution < -0.4 is 0 Å². The summed E-state index contributed by atoms with van der Waals surface area (Å²) in [5.41, 5.74) is -0.109. The number of allylic oxidation sites excluding steroid dienone is 2. The van der Waals surface area contributed by atoms with E-state index in [-0.39, 0.29) is 40.5 Å². The van der Waals surface area contributed by atoms with E-state index < -0.39 is 0 Å². The van der Waals surface area contributed by atoms with Crippen molar-refractivity contribution in [1.29, 1.82) is 0 Å². The molecule has 0 amide bonds. The second-order valence-electron chi connectivity index (χ2n) is 12.8. The molecule has 0 heterocycles. The van der Waals surface area contributed by atoms with Crippen molar-refractivity contribution in [2.75, 3.05) is 0 Å². The van der Waals surface area contributed by atoms with Crippen LogP contribution in [0.2, 0.25) is 0 Å². The van der Waals surface area contributed by atoms with Gasteiger partial charge in [0.05, 0.1) is 6.10 Å². The molecular weight excluding hydrogens is 396 g/mol. The van der Waals surface area contributed by atoms with E-state index in [1.165, 1.54) is 19.3 Å². The summed E-state index contributed by atoms with van der Waals surface area (Å²) < 4.78 is 0. The Morgan fingerprint density at radius 3 is 2.44 bits per heavy atom. The molecule has 180 valence electrons. The summed E-state index contributed by atoms with van der Waals surface area (Å²) in [6.07, 6.45) is 11.3. The topological polar surface area (TPSA) is 54.4 Å². The van der Waals surface area contributed by atoms with Gasteiger partial charge < -0.3 is 5.11 Å². The molecule has 0 aromatic carbocycles. The van der Waals surface area contributed by atoms with Crippen molar-refractivity contribution in [1.82, 2.24) is 0 Å². The summed E-state index contributed by atoms with van der Waals surface area (Å²) in [5, 5.41) is 11.6. The lowest BCUT2D eigenvalue weighted by Crippen LogP contribution is -2.61. The normalized spacial score (nSPS) is 46.1. The Kier molecular flexibility index (Phi) is 6.55. The molecule has 4 saturated carbocycles. The molecule has 4 fully saturated rings. The van der Waals surface area contributed by atoms with Crippen LogP contribution in [0.5, 0.6) is 0 Å². The number of ketones is 2. The highest BCUT2D eigenvalue weighted by atomic mass is 16.3. The van der Waals surface area contributed by atoms with Gasteiger partial charge >= 0.3 is 0 Å². The van der Waals surface area contributed by atoms with Crippen LogP contribution >= 0.6 is 0 Å². The van der Waals surface area contributed by atoms with Gasteiger partial charge in [0.25, 0.3) is 0 Å². The first-order valence-electron chi connectivity index (χ1n) is 13.4. The highest BCUT2D eigenvalue weighted by molar-refractivity contribution is 5.90. The third kappa shape index (κ3) is 3.75. The summed E-state index contributed by atoms with van der Waals surface area (Å²) in [6.45, 7) is 13.9. The van der Waals surface area contributed by atoms with Crippen LogP contribution in [-0.2, 0) is 9.59 Å². The summed E-state index contributed by atoms with van der Waals surface area (Å²) in [5.74, 6) is 3.71. The minimum absolute atomic E-state index is 0.0951. The maximum absolute atomic E-state index is 13.3. The van der Waals surface area contributed by atoms with Gasteiger partial charge in [-0.05, 0) is 84.4 Å². The van der Waals surface area contributed by atoms with Crippen LogP contribution in [0.25, 0.3) is 0 Å². The van der Waals surface area contributed by atoms with Gasteiger partial charge in [0.15, 0.2) is 0 Å². The number of fused-ring (bicyclic) bond motifs is 5. The van der Waals surface area contributed by atoms with Crippen LogP contribution in [0.3, 0.4) is 0 Å². The lowest BCUT2D eigenvalue weighted by molar-refractivity contribution is -0.180. The quantitative estimate of drug-likeness (QED) is 0.513. The minimum atomic E-state index is -0.356. The molecule has 0 saturated heterocycles. The number of hydrogen-bond donors (Lipinski definition) is 1. The number of carbonyl (C=O) groups is 2. The van der Waals surface area contributed by atoms with Crippen molar-refractivity contribution in [3.63, 3.8) is 0 Å². The van der Waals surface area contributed by atoms with Crippen LogP contribution in [0.4, 0.5) is 0 Å². The van der Waals surface area contributed by atoms with Gasteiger partial charge in [-0.2, -0.15) is 0 Å². The molecule has 0 bridgehead atoms. The Morgan fingerprint density at radius 2 is 1.78 bits per heavy atom. The molecule has 0 spiro atoms. The number of carbonyl (C=O) groups excluding carboxylic acids is 2. The molecule has 32 heavy (non-hydrogen) atoms. The molecule has 0 radical (unpaired) electrons. The van der Waals surface area contributed by atoms with E-state index in [2.05, 4.69) is 53.7 Å². The fourth-order valence-corrected chi connectivity index (χ4v) is 9.16. The molecule has 4 rings (SSSR count). The number of aliphatic hydroxyl groups excluding tert-OH is 1. The van der Waals surface area contributed by atoms with E-state index >= 15 is 0 Å². The lowest BCUT2D eigenvalue weighted by atomic mass is 9.43. The van der Waals surface area contributed by atoms with Gasteiger partial charge in [-0.3, -0.25) is 9.59 Å². The highest BCUT2D eigenvalue weighted by Gasteiger charge is 2.65. The molecule has 4 aliphatic carbocycles. The molecule has 10 unspecified atom stereocenters. The van der Waals surface area contributed by atoms with E-state index in [0.717, 1.165) is 12.8 Å². The molecule has 3 heteroatoms. The standard InChI is InChI=1S/C29H46O3/c1-7-19(17(2)3)9-8-18(4)22-10-11-23-21-15-25(31)24-14-20(30)12-13-28(24,5)27(21)26(32)16-29(22,23)6/h8-9,17-19,21-24,26-27,32H,7,10-16H2,1-6H3. The van der Waals surface area contributed by atoms with Gasteiger partial charge in [-0.1, -0.05) is 53.7 Å². The Labute approximate surface area is 195 Å². The van der Waals surface area contributed by atoms with Crippen molar-refractivity contribution in [3.8, 4) is 0 Å². The Bertz CT molecular complexity index is 768. The molecule has 3 nitrogen and oxygen atoms in total. The van der Waals surface area contributed by atoms with Gasteiger partial charge in [-0.15, -0.1) is 0 Å². The largest absolute Gasteiger partial charge is 0.393 e. The van der Waals surface area contributed by atoms with Crippen molar-refractivity contribution in [2.45, 2.75) is 99.0 Å². The number of Topliss-reactive ketones (excluding diaryl/α,β-unsaturated/α-hetero) is 2. The maximum atomic E-state index is 13.3. The molecule has 1 N–H and O–H groups in total. The lowest BCUT2D eigenvalue weighted by Gasteiger charge is -2.61. The summed E-state index contributed by atoms with van der Waals surface area (Å²) in [7, 11) is 0. The fourth-order valence-electron chi connectivity index (χ4n) is 9.16. The SMILES string of the molecule is CCC(C=CC(C)C1CCC2C3CC(=O)C4CC(=O)CCC4(C)C3C(O)CC12C)C(C)C. The highest BCUT2D eigenvalue weighted by Crippen LogP contribution is 2.67.